The Bertz CT molecular complexity index is 764. The lowest BCUT2D eigenvalue weighted by Crippen LogP contribution is -2.44. The van der Waals surface area contributed by atoms with Crippen molar-refractivity contribution >= 4 is 17.8 Å². The molecule has 0 saturated carbocycles. The number of aliphatic carboxylic acids is 2. The summed E-state index contributed by atoms with van der Waals surface area (Å²) in [6, 6.07) is 6.08. The maximum atomic E-state index is 13.0. The Kier molecular flexibility index (Phi) is 10.3. The lowest BCUT2D eigenvalue weighted by molar-refractivity contribution is -0.159. The summed E-state index contributed by atoms with van der Waals surface area (Å²) >= 11 is 0. The minimum atomic E-state index is -1.82. The monoisotopic (exact) mass is 450 g/mol. The average molecular weight is 451 g/mol. The first-order valence-electron chi connectivity index (χ1n) is 11.0. The molecule has 2 aliphatic heterocycles. The van der Waals surface area contributed by atoms with Gasteiger partial charge in [0.15, 0.2) is 11.5 Å². The molecule has 0 aromatic heterocycles. The van der Waals surface area contributed by atoms with E-state index in [0.29, 0.717) is 5.91 Å². The zero-order chi connectivity index (χ0) is 23.5. The number of carboxylic acid groups (broad SMARTS) is 2. The second-order valence-electron chi connectivity index (χ2n) is 8.11. The number of carbonyl (C=O) groups excluding carboxylic acids is 1. The molecular weight excluding hydrogens is 416 g/mol. The molecule has 1 atom stereocenters. The number of likely N-dealkylation sites (tertiary alicyclic amines) is 2. The second kappa shape index (κ2) is 12.9. The van der Waals surface area contributed by atoms with E-state index in [0.717, 1.165) is 69.9 Å². The highest BCUT2D eigenvalue weighted by molar-refractivity contribution is 6.27. The van der Waals surface area contributed by atoms with Crippen LogP contribution >= 0.6 is 0 Å². The average Bonchev–Trinajstić information content (AvgIpc) is 3.08. The number of nitrogens with zero attached hydrogens (tertiary/aromatic N) is 2. The van der Waals surface area contributed by atoms with E-state index in [1.54, 1.807) is 14.2 Å². The van der Waals surface area contributed by atoms with E-state index in [9.17, 15) is 4.79 Å². The summed E-state index contributed by atoms with van der Waals surface area (Å²) in [4.78, 5) is 35.7. The molecule has 178 valence electrons. The minimum Gasteiger partial charge on any atom is -0.493 e. The van der Waals surface area contributed by atoms with Crippen LogP contribution in [0.25, 0.3) is 0 Å². The summed E-state index contributed by atoms with van der Waals surface area (Å²) < 4.78 is 10.7. The van der Waals surface area contributed by atoms with E-state index >= 15 is 0 Å². The third-order valence-electron chi connectivity index (χ3n) is 5.81. The van der Waals surface area contributed by atoms with E-state index in [1.807, 2.05) is 12.1 Å². The molecule has 32 heavy (non-hydrogen) atoms. The number of carbonyl (C=O) groups is 3. The van der Waals surface area contributed by atoms with Crippen molar-refractivity contribution in [1.29, 1.82) is 0 Å². The molecule has 0 radical (unpaired) electrons. The fourth-order valence-corrected chi connectivity index (χ4v) is 4.19. The largest absolute Gasteiger partial charge is 0.493 e. The summed E-state index contributed by atoms with van der Waals surface area (Å²) in [5.41, 5.74) is 1.20. The molecule has 2 saturated heterocycles. The number of rotatable bonds is 5. The summed E-state index contributed by atoms with van der Waals surface area (Å²) in [6.07, 6.45) is 6.97. The normalized spacial score (nSPS) is 19.2. The lowest BCUT2D eigenvalue weighted by atomic mass is 9.96. The first-order valence-corrected chi connectivity index (χ1v) is 11.0. The van der Waals surface area contributed by atoms with Gasteiger partial charge >= 0.3 is 11.9 Å². The molecule has 2 aliphatic rings. The van der Waals surface area contributed by atoms with Crippen LogP contribution in [-0.2, 0) is 20.9 Å². The second-order valence-corrected chi connectivity index (χ2v) is 8.11. The number of hydrogen-bond acceptors (Lipinski definition) is 6. The van der Waals surface area contributed by atoms with Crippen molar-refractivity contribution in [3.63, 3.8) is 0 Å². The van der Waals surface area contributed by atoms with E-state index < -0.39 is 11.9 Å². The highest BCUT2D eigenvalue weighted by Gasteiger charge is 2.29. The third kappa shape index (κ3) is 7.71. The Morgan fingerprint density at radius 1 is 0.906 bits per heavy atom. The van der Waals surface area contributed by atoms with Gasteiger partial charge in [0, 0.05) is 26.2 Å². The Morgan fingerprint density at radius 2 is 1.53 bits per heavy atom. The Morgan fingerprint density at radius 3 is 2.09 bits per heavy atom. The molecule has 2 N–H and O–H groups in total. The molecule has 2 heterocycles. The summed E-state index contributed by atoms with van der Waals surface area (Å²) in [5.74, 6) is -1.60. The molecule has 1 aromatic rings. The van der Waals surface area contributed by atoms with Crippen LogP contribution in [0.3, 0.4) is 0 Å². The Hall–Kier alpha value is -2.81. The topological polar surface area (TPSA) is 117 Å². The van der Waals surface area contributed by atoms with Crippen molar-refractivity contribution in [2.75, 3.05) is 40.4 Å². The van der Waals surface area contributed by atoms with Crippen LogP contribution in [0.2, 0.25) is 0 Å². The predicted molar refractivity (Wildman–Crippen MR) is 118 cm³/mol. The molecule has 2 fully saturated rings. The van der Waals surface area contributed by atoms with Crippen molar-refractivity contribution in [3.05, 3.63) is 23.8 Å². The van der Waals surface area contributed by atoms with Gasteiger partial charge in [-0.2, -0.15) is 0 Å². The standard InChI is InChI=1S/C21H32N2O3.C2H2O4/c1-25-19-10-9-17(14-20(19)26-2)15-22-11-7-8-18(16-22)21(24)23-12-5-3-4-6-13-23;3-1(4)2(5)6/h9-10,14,18H,3-8,11-13,15-16H2,1-2H3;(H,3,4)(H,5,6). The quantitative estimate of drug-likeness (QED) is 0.657. The number of methoxy groups -OCH3 is 2. The summed E-state index contributed by atoms with van der Waals surface area (Å²) in [7, 11) is 3.32. The zero-order valence-corrected chi connectivity index (χ0v) is 18.9. The molecule has 3 rings (SSSR count). The molecule has 1 unspecified atom stereocenters. The van der Waals surface area contributed by atoms with Crippen molar-refractivity contribution in [2.45, 2.75) is 45.1 Å². The Labute approximate surface area is 188 Å². The van der Waals surface area contributed by atoms with Crippen LogP contribution in [0.5, 0.6) is 11.5 Å². The van der Waals surface area contributed by atoms with E-state index in [-0.39, 0.29) is 5.92 Å². The molecule has 0 spiro atoms. The third-order valence-corrected chi connectivity index (χ3v) is 5.81. The molecular formula is C23H34N2O7. The van der Waals surface area contributed by atoms with Crippen LogP contribution in [0.15, 0.2) is 18.2 Å². The Balaban J connectivity index is 0.000000534. The van der Waals surface area contributed by atoms with Gasteiger partial charge in [-0.25, -0.2) is 9.59 Å². The summed E-state index contributed by atoms with van der Waals surface area (Å²) in [6.45, 7) is 4.67. The SMILES string of the molecule is COc1ccc(CN2CCCC(C(=O)N3CCCCCC3)C2)cc1OC.O=C(O)C(=O)O. The predicted octanol–water partition coefficient (Wildman–Crippen LogP) is 2.47. The number of piperidine rings is 1. The van der Waals surface area contributed by atoms with Gasteiger partial charge in [-0.15, -0.1) is 0 Å². The van der Waals surface area contributed by atoms with Crippen LogP contribution in [0.1, 0.15) is 44.1 Å². The van der Waals surface area contributed by atoms with E-state index in [2.05, 4.69) is 15.9 Å². The number of amides is 1. The maximum absolute atomic E-state index is 13.0. The van der Waals surface area contributed by atoms with Crippen molar-refractivity contribution < 1.29 is 34.1 Å². The van der Waals surface area contributed by atoms with Crippen LogP contribution in [0, 0.1) is 5.92 Å². The minimum absolute atomic E-state index is 0.155. The molecule has 9 nitrogen and oxygen atoms in total. The van der Waals surface area contributed by atoms with Crippen molar-refractivity contribution in [1.82, 2.24) is 9.80 Å². The lowest BCUT2D eigenvalue weighted by Gasteiger charge is -2.34. The molecule has 0 bridgehead atoms. The van der Waals surface area contributed by atoms with Gasteiger partial charge in [0.2, 0.25) is 5.91 Å². The number of benzene rings is 1. The van der Waals surface area contributed by atoms with Gasteiger partial charge < -0.3 is 24.6 Å². The van der Waals surface area contributed by atoms with Crippen LogP contribution in [0.4, 0.5) is 0 Å². The fourth-order valence-electron chi connectivity index (χ4n) is 4.19. The van der Waals surface area contributed by atoms with Gasteiger partial charge in [-0.1, -0.05) is 18.9 Å². The van der Waals surface area contributed by atoms with Crippen LogP contribution < -0.4 is 9.47 Å². The van der Waals surface area contributed by atoms with Gasteiger partial charge in [0.1, 0.15) is 0 Å². The highest BCUT2D eigenvalue weighted by Crippen LogP contribution is 2.29. The van der Waals surface area contributed by atoms with Gasteiger partial charge in [0.25, 0.3) is 0 Å². The highest BCUT2D eigenvalue weighted by atomic mass is 16.5. The fraction of sp³-hybridized carbons (Fsp3) is 0.609. The molecule has 9 heteroatoms. The maximum Gasteiger partial charge on any atom is 0.414 e. The molecule has 1 amide bonds. The van der Waals surface area contributed by atoms with E-state index in [1.165, 1.54) is 18.4 Å². The van der Waals surface area contributed by atoms with Crippen molar-refractivity contribution in [2.24, 2.45) is 5.92 Å². The number of hydrogen-bond donors (Lipinski definition) is 2. The van der Waals surface area contributed by atoms with Crippen molar-refractivity contribution in [3.8, 4) is 11.5 Å². The summed E-state index contributed by atoms with van der Waals surface area (Å²) in [5, 5.41) is 14.8. The van der Waals surface area contributed by atoms with Gasteiger partial charge in [-0.05, 0) is 49.9 Å². The number of ether oxygens (including phenoxy) is 2. The first-order chi connectivity index (χ1) is 15.3. The van der Waals surface area contributed by atoms with Gasteiger partial charge in [-0.3, -0.25) is 9.69 Å². The first kappa shape index (κ1) is 25.5. The molecule has 1 aromatic carbocycles. The molecule has 0 aliphatic carbocycles. The van der Waals surface area contributed by atoms with Crippen LogP contribution in [-0.4, -0.2) is 78.3 Å². The zero-order valence-electron chi connectivity index (χ0n) is 18.9. The number of carboxylic acids is 2. The van der Waals surface area contributed by atoms with E-state index in [4.69, 9.17) is 29.3 Å². The smallest absolute Gasteiger partial charge is 0.414 e. The van der Waals surface area contributed by atoms with Gasteiger partial charge in [0.05, 0.1) is 20.1 Å².